The molecule has 2 atom stereocenters. The molecular formula is C20H22N5O3+. The maximum absolute atomic E-state index is 12.7. The number of nitrogens with one attached hydrogen (secondary N) is 2. The van der Waals surface area contributed by atoms with Crippen LogP contribution in [-0.2, 0) is 4.79 Å². The minimum absolute atomic E-state index is 0.138. The van der Waals surface area contributed by atoms with Crippen molar-refractivity contribution in [3.05, 3.63) is 60.2 Å². The van der Waals surface area contributed by atoms with Gasteiger partial charge in [-0.3, -0.25) is 9.59 Å². The van der Waals surface area contributed by atoms with Crippen LogP contribution in [-0.4, -0.2) is 41.3 Å². The topological polar surface area (TPSA) is 108 Å². The number of nitrogens with zero attached hydrogens (tertiary/aromatic N) is 3. The molecule has 0 saturated heterocycles. The number of para-hydroxylation sites is 2. The summed E-state index contributed by atoms with van der Waals surface area (Å²) in [6, 6.07) is 15.2. The van der Waals surface area contributed by atoms with Crippen molar-refractivity contribution in [3.63, 3.8) is 0 Å². The second-order valence-electron chi connectivity index (χ2n) is 6.48. The van der Waals surface area contributed by atoms with Crippen molar-refractivity contribution >= 4 is 28.9 Å². The minimum Gasteiger partial charge on any atom is -0.392 e. The summed E-state index contributed by atoms with van der Waals surface area (Å²) in [6.45, 7) is 3.47. The first-order valence-electron chi connectivity index (χ1n) is 8.93. The molecule has 3 rings (SSSR count). The molecular weight excluding hydrogens is 358 g/mol. The van der Waals surface area contributed by atoms with Crippen LogP contribution in [0, 0.1) is 0 Å². The molecule has 144 valence electrons. The van der Waals surface area contributed by atoms with Crippen molar-refractivity contribution in [2.45, 2.75) is 26.0 Å². The fourth-order valence-corrected chi connectivity index (χ4v) is 2.70. The highest BCUT2D eigenvalue weighted by Crippen LogP contribution is 2.20. The SMILES string of the molecule is CC1=NN(c2ccccc2)C(=O)C1[NH+]=Nc1ccccc1C(=O)NCC(C)O. The largest absolute Gasteiger partial charge is 0.392 e. The predicted octanol–water partition coefficient (Wildman–Crippen LogP) is 0.753. The van der Waals surface area contributed by atoms with Gasteiger partial charge in [0.15, 0.2) is 0 Å². The van der Waals surface area contributed by atoms with E-state index in [0.717, 1.165) is 0 Å². The Kier molecular flexibility index (Phi) is 5.90. The summed E-state index contributed by atoms with van der Waals surface area (Å²) in [5, 5.41) is 24.7. The zero-order chi connectivity index (χ0) is 20.1. The van der Waals surface area contributed by atoms with Gasteiger partial charge in [0.1, 0.15) is 11.4 Å². The highest BCUT2D eigenvalue weighted by atomic mass is 16.3. The number of azo groups is 1. The molecule has 1 heterocycles. The number of carbonyl (C=O) groups is 2. The molecule has 0 bridgehead atoms. The van der Waals surface area contributed by atoms with E-state index in [1.54, 1.807) is 50.2 Å². The Hall–Kier alpha value is -3.39. The van der Waals surface area contributed by atoms with Crippen LogP contribution in [0.1, 0.15) is 24.2 Å². The lowest BCUT2D eigenvalue weighted by Crippen LogP contribution is -2.78. The maximum atomic E-state index is 12.7. The molecule has 0 aliphatic carbocycles. The third kappa shape index (κ3) is 4.29. The van der Waals surface area contributed by atoms with Crippen LogP contribution in [0.4, 0.5) is 11.4 Å². The molecule has 2 aromatic rings. The number of rotatable bonds is 6. The van der Waals surface area contributed by atoms with Crippen molar-refractivity contribution in [1.29, 1.82) is 0 Å². The molecule has 28 heavy (non-hydrogen) atoms. The van der Waals surface area contributed by atoms with E-state index >= 15 is 0 Å². The summed E-state index contributed by atoms with van der Waals surface area (Å²) in [5.41, 5.74) is 1.99. The van der Waals surface area contributed by atoms with E-state index in [1.165, 1.54) is 5.01 Å². The first-order valence-corrected chi connectivity index (χ1v) is 8.93. The molecule has 8 heteroatoms. The molecule has 8 nitrogen and oxygen atoms in total. The van der Waals surface area contributed by atoms with Crippen LogP contribution < -0.4 is 15.4 Å². The molecule has 2 amide bonds. The van der Waals surface area contributed by atoms with Crippen LogP contribution in [0.15, 0.2) is 64.8 Å². The molecule has 1 aliphatic heterocycles. The van der Waals surface area contributed by atoms with Crippen molar-refractivity contribution in [3.8, 4) is 0 Å². The molecule has 0 aromatic heterocycles. The summed E-state index contributed by atoms with van der Waals surface area (Å²) in [7, 11) is 0. The van der Waals surface area contributed by atoms with Crippen molar-refractivity contribution < 1.29 is 19.8 Å². The van der Waals surface area contributed by atoms with E-state index < -0.39 is 12.1 Å². The summed E-state index contributed by atoms with van der Waals surface area (Å²) in [6.07, 6.45) is -0.648. The van der Waals surface area contributed by atoms with Gasteiger partial charge >= 0.3 is 5.91 Å². The Bertz CT molecular complexity index is 924. The third-order valence-electron chi connectivity index (χ3n) is 4.15. The number of hydrogen-bond donors (Lipinski definition) is 3. The Labute approximate surface area is 162 Å². The first-order chi connectivity index (χ1) is 13.5. The van der Waals surface area contributed by atoms with Gasteiger partial charge in [-0.2, -0.15) is 10.1 Å². The van der Waals surface area contributed by atoms with Gasteiger partial charge in [0.2, 0.25) is 0 Å². The number of aliphatic hydroxyl groups excluding tert-OH is 1. The second kappa shape index (κ2) is 8.53. The number of hydrogen-bond acceptors (Lipinski definition) is 5. The summed E-state index contributed by atoms with van der Waals surface area (Å²) >= 11 is 0. The van der Waals surface area contributed by atoms with Crippen molar-refractivity contribution in [2.75, 3.05) is 11.6 Å². The average molecular weight is 380 g/mol. The zero-order valence-corrected chi connectivity index (χ0v) is 15.7. The van der Waals surface area contributed by atoms with Crippen molar-refractivity contribution in [2.24, 2.45) is 10.2 Å². The molecule has 1 aliphatic rings. The lowest BCUT2D eigenvalue weighted by molar-refractivity contribution is -0.535. The van der Waals surface area contributed by atoms with Crippen LogP contribution in [0.2, 0.25) is 0 Å². The van der Waals surface area contributed by atoms with Gasteiger partial charge in [0.05, 0.1) is 17.4 Å². The second-order valence-corrected chi connectivity index (χ2v) is 6.48. The number of hydrazone groups is 1. The standard InChI is InChI=1S/C20H21N5O3/c1-13(26)12-21-19(27)16-10-6-7-11-17(16)22-23-18-14(2)24-25(20(18)28)15-8-4-3-5-9-15/h3-11,13,18,26H,12H2,1-2H3,(H,21,27)/p+1. The lowest BCUT2D eigenvalue weighted by atomic mass is 10.1. The number of aliphatic hydroxyl groups is 1. The maximum Gasteiger partial charge on any atom is 0.324 e. The monoisotopic (exact) mass is 380 g/mol. The Morgan fingerprint density at radius 2 is 1.93 bits per heavy atom. The quantitative estimate of drug-likeness (QED) is 0.644. The fraction of sp³-hybridized carbons (Fsp3) is 0.250. The Morgan fingerprint density at radius 1 is 1.25 bits per heavy atom. The first kappa shape index (κ1) is 19.4. The van der Waals surface area contributed by atoms with Crippen LogP contribution >= 0.6 is 0 Å². The lowest BCUT2D eigenvalue weighted by Gasteiger charge is -2.10. The van der Waals surface area contributed by atoms with Gasteiger partial charge in [0, 0.05) is 6.54 Å². The van der Waals surface area contributed by atoms with E-state index in [9.17, 15) is 14.7 Å². The number of benzene rings is 2. The smallest absolute Gasteiger partial charge is 0.324 e. The molecule has 2 aromatic carbocycles. The van der Waals surface area contributed by atoms with Crippen LogP contribution in [0.25, 0.3) is 0 Å². The van der Waals surface area contributed by atoms with Gasteiger partial charge in [-0.1, -0.05) is 30.3 Å². The Balaban J connectivity index is 1.78. The fourth-order valence-electron chi connectivity index (χ4n) is 2.70. The van der Waals surface area contributed by atoms with Gasteiger partial charge in [-0.05, 0) is 43.2 Å². The van der Waals surface area contributed by atoms with Crippen LogP contribution in [0.5, 0.6) is 0 Å². The summed E-state index contributed by atoms with van der Waals surface area (Å²) in [4.78, 5) is 25.0. The minimum atomic E-state index is -0.714. The van der Waals surface area contributed by atoms with E-state index in [4.69, 9.17) is 0 Å². The summed E-state index contributed by atoms with van der Waals surface area (Å²) < 4.78 is 0. The zero-order valence-electron chi connectivity index (χ0n) is 15.7. The number of amides is 2. The van der Waals surface area contributed by atoms with Gasteiger partial charge in [-0.15, -0.1) is 5.11 Å². The highest BCUT2D eigenvalue weighted by Gasteiger charge is 2.39. The van der Waals surface area contributed by atoms with E-state index in [-0.39, 0.29) is 18.4 Å². The van der Waals surface area contributed by atoms with E-state index in [0.29, 0.717) is 22.6 Å². The summed E-state index contributed by atoms with van der Waals surface area (Å²) in [5.74, 6) is -0.598. The number of carbonyl (C=O) groups excluding carboxylic acids is 2. The Morgan fingerprint density at radius 3 is 2.64 bits per heavy atom. The van der Waals surface area contributed by atoms with Crippen LogP contribution in [0.3, 0.4) is 0 Å². The van der Waals surface area contributed by atoms with E-state index in [1.807, 2.05) is 18.2 Å². The molecule has 0 spiro atoms. The molecule has 0 saturated carbocycles. The molecule has 0 radical (unpaired) electrons. The average Bonchev–Trinajstić information content (AvgIpc) is 2.99. The van der Waals surface area contributed by atoms with Gasteiger partial charge in [0.25, 0.3) is 11.9 Å². The van der Waals surface area contributed by atoms with Gasteiger partial charge < -0.3 is 10.4 Å². The van der Waals surface area contributed by atoms with Gasteiger partial charge in [-0.25, -0.2) is 0 Å². The van der Waals surface area contributed by atoms with Crippen molar-refractivity contribution in [1.82, 2.24) is 5.32 Å². The number of anilines is 1. The molecule has 3 N–H and O–H groups in total. The molecule has 0 fully saturated rings. The molecule has 2 unspecified atom stereocenters. The van der Waals surface area contributed by atoms with E-state index in [2.05, 4.69) is 20.6 Å². The predicted molar refractivity (Wildman–Crippen MR) is 104 cm³/mol. The highest BCUT2D eigenvalue weighted by molar-refractivity contribution is 6.16. The third-order valence-corrected chi connectivity index (χ3v) is 4.15. The normalized spacial score (nSPS) is 17.7.